The Morgan fingerprint density at radius 3 is 2.48 bits per heavy atom. The Balaban J connectivity index is 2.09. The number of nitrogens with zero attached hydrogens (tertiary/aromatic N) is 2. The molecule has 2 aromatic carbocycles. The van der Waals surface area contributed by atoms with Crippen molar-refractivity contribution in [2.45, 2.75) is 13.5 Å². The molecule has 3 rings (SSSR count). The number of benzene rings is 2. The molecule has 6 nitrogen and oxygen atoms in total. The lowest BCUT2D eigenvalue weighted by Gasteiger charge is -2.11. The van der Waals surface area contributed by atoms with E-state index in [1.807, 2.05) is 13.0 Å². The predicted octanol–water partition coefficient (Wildman–Crippen LogP) is 3.18. The molecule has 0 aliphatic heterocycles. The number of aromatic carboxylic acids is 1. The van der Waals surface area contributed by atoms with Crippen LogP contribution in [0.4, 0.5) is 5.69 Å². The molecule has 0 spiro atoms. The first-order valence-corrected chi connectivity index (χ1v) is 7.75. The van der Waals surface area contributed by atoms with Crippen LogP contribution in [0.1, 0.15) is 22.8 Å². The Bertz CT molecular complexity index is 1030. The molecule has 0 radical (unpaired) electrons. The van der Waals surface area contributed by atoms with Crippen molar-refractivity contribution in [3.63, 3.8) is 0 Å². The van der Waals surface area contributed by atoms with E-state index in [4.69, 9.17) is 5.11 Å². The maximum Gasteiger partial charge on any atom is 0.335 e. The first kappa shape index (κ1) is 16.4. The molecule has 1 aromatic heterocycles. The minimum atomic E-state index is -1.02. The number of pyridine rings is 1. The summed E-state index contributed by atoms with van der Waals surface area (Å²) in [7, 11) is 0. The van der Waals surface area contributed by atoms with Crippen LogP contribution < -0.4 is 5.56 Å². The van der Waals surface area contributed by atoms with Gasteiger partial charge in [0.1, 0.15) is 11.3 Å². The third-order valence-corrected chi connectivity index (χ3v) is 3.95. The number of hydrogen-bond acceptors (Lipinski definition) is 4. The summed E-state index contributed by atoms with van der Waals surface area (Å²) in [5.41, 5.74) is 1.07. The summed E-state index contributed by atoms with van der Waals surface area (Å²) in [6.07, 6.45) is 1.31. The van der Waals surface area contributed by atoms with Crippen LogP contribution in [0.25, 0.3) is 10.9 Å². The third-order valence-electron chi connectivity index (χ3n) is 3.95. The molecule has 0 amide bonds. The molecule has 126 valence electrons. The van der Waals surface area contributed by atoms with Crippen LogP contribution >= 0.6 is 0 Å². The number of aromatic hydroxyl groups is 1. The summed E-state index contributed by atoms with van der Waals surface area (Å²) >= 11 is 0. The van der Waals surface area contributed by atoms with Crippen LogP contribution in [0.3, 0.4) is 0 Å². The third kappa shape index (κ3) is 3.01. The highest BCUT2D eigenvalue weighted by atomic mass is 16.4. The van der Waals surface area contributed by atoms with E-state index in [0.29, 0.717) is 23.1 Å². The lowest BCUT2D eigenvalue weighted by Crippen LogP contribution is -2.23. The molecule has 0 fully saturated rings. The Morgan fingerprint density at radius 2 is 1.84 bits per heavy atom. The number of hydrogen-bond donors (Lipinski definition) is 2. The van der Waals surface area contributed by atoms with E-state index in [1.54, 1.807) is 22.8 Å². The normalized spacial score (nSPS) is 11.2. The highest BCUT2D eigenvalue weighted by Crippen LogP contribution is 2.25. The van der Waals surface area contributed by atoms with Gasteiger partial charge in [-0.25, -0.2) is 4.79 Å². The van der Waals surface area contributed by atoms with Crippen molar-refractivity contribution < 1.29 is 15.0 Å². The molecule has 0 atom stereocenters. The molecular weight excluding hydrogens is 320 g/mol. The number of carbonyl (C=O) groups is 1. The maximum absolute atomic E-state index is 12.6. The second kappa shape index (κ2) is 6.60. The number of rotatable bonds is 4. The van der Waals surface area contributed by atoms with E-state index >= 15 is 0 Å². The van der Waals surface area contributed by atoms with E-state index < -0.39 is 5.97 Å². The van der Waals surface area contributed by atoms with Gasteiger partial charge in [0, 0.05) is 18.1 Å². The zero-order valence-corrected chi connectivity index (χ0v) is 13.5. The van der Waals surface area contributed by atoms with Crippen LogP contribution in [0, 0.1) is 0 Å². The molecule has 2 N–H and O–H groups in total. The molecular formula is C19H16N2O4. The van der Waals surface area contributed by atoms with Gasteiger partial charge in [-0.15, -0.1) is 0 Å². The van der Waals surface area contributed by atoms with Crippen LogP contribution in [0.15, 0.2) is 58.3 Å². The fraction of sp³-hybridized carbons (Fsp3) is 0.105. The van der Waals surface area contributed by atoms with Crippen molar-refractivity contribution in [2.24, 2.45) is 4.99 Å². The lowest BCUT2D eigenvalue weighted by molar-refractivity contribution is 0.0697. The Hall–Kier alpha value is -3.41. The van der Waals surface area contributed by atoms with Gasteiger partial charge in [0.05, 0.1) is 16.8 Å². The highest BCUT2D eigenvalue weighted by molar-refractivity contribution is 5.95. The van der Waals surface area contributed by atoms with Crippen molar-refractivity contribution >= 4 is 28.8 Å². The Morgan fingerprint density at radius 1 is 1.16 bits per heavy atom. The number of para-hydroxylation sites is 1. The van der Waals surface area contributed by atoms with E-state index in [1.165, 1.54) is 30.5 Å². The molecule has 3 aromatic rings. The zero-order valence-electron chi connectivity index (χ0n) is 13.5. The molecule has 0 saturated carbocycles. The van der Waals surface area contributed by atoms with E-state index in [2.05, 4.69) is 4.99 Å². The number of aromatic nitrogens is 1. The van der Waals surface area contributed by atoms with Gasteiger partial charge in [0.2, 0.25) is 0 Å². The number of carboxylic acid groups (broad SMARTS) is 1. The van der Waals surface area contributed by atoms with E-state index in [0.717, 1.165) is 0 Å². The van der Waals surface area contributed by atoms with Gasteiger partial charge >= 0.3 is 5.97 Å². The summed E-state index contributed by atoms with van der Waals surface area (Å²) in [5.74, 6) is -1.13. The highest BCUT2D eigenvalue weighted by Gasteiger charge is 2.13. The van der Waals surface area contributed by atoms with Crippen molar-refractivity contribution in [2.75, 3.05) is 0 Å². The number of fused-ring (bicyclic) bond motifs is 1. The second-order valence-electron chi connectivity index (χ2n) is 5.44. The summed E-state index contributed by atoms with van der Waals surface area (Å²) in [5, 5.41) is 19.9. The topological polar surface area (TPSA) is 91.9 Å². The standard InChI is InChI=1S/C19H16N2O4/c1-2-21-16-6-4-3-5-14(16)17(22)15(18(21)23)11-20-13-9-7-12(8-10-13)19(24)25/h3-11,22H,2H2,1H3,(H,24,25). The molecule has 25 heavy (non-hydrogen) atoms. The molecule has 0 bridgehead atoms. The minimum absolute atomic E-state index is 0.0999. The number of aliphatic imine (C=N–C) groups is 1. The van der Waals surface area contributed by atoms with Crippen LogP contribution in [0.2, 0.25) is 0 Å². The largest absolute Gasteiger partial charge is 0.506 e. The van der Waals surface area contributed by atoms with Gasteiger partial charge < -0.3 is 14.8 Å². The van der Waals surface area contributed by atoms with Crippen molar-refractivity contribution in [3.05, 3.63) is 70.0 Å². The molecule has 6 heteroatoms. The molecule has 0 aliphatic rings. The van der Waals surface area contributed by atoms with Crippen molar-refractivity contribution in [1.82, 2.24) is 4.57 Å². The summed E-state index contributed by atoms with van der Waals surface area (Å²) in [6, 6.07) is 13.1. The molecule has 0 aliphatic carbocycles. The zero-order chi connectivity index (χ0) is 18.0. The molecule has 0 unspecified atom stereocenters. The Labute approximate surface area is 143 Å². The van der Waals surface area contributed by atoms with Gasteiger partial charge in [0.25, 0.3) is 5.56 Å². The van der Waals surface area contributed by atoms with Gasteiger partial charge in [-0.1, -0.05) is 12.1 Å². The SMILES string of the molecule is CCn1c(=O)c(C=Nc2ccc(C(=O)O)cc2)c(O)c2ccccc21. The van der Waals surface area contributed by atoms with Gasteiger partial charge in [0.15, 0.2) is 0 Å². The monoisotopic (exact) mass is 336 g/mol. The lowest BCUT2D eigenvalue weighted by atomic mass is 10.1. The van der Waals surface area contributed by atoms with Crippen LogP contribution in [0.5, 0.6) is 5.75 Å². The summed E-state index contributed by atoms with van der Waals surface area (Å²) < 4.78 is 1.57. The van der Waals surface area contributed by atoms with Gasteiger partial charge in [-0.05, 0) is 43.3 Å². The van der Waals surface area contributed by atoms with E-state index in [-0.39, 0.29) is 22.4 Å². The fourth-order valence-corrected chi connectivity index (χ4v) is 2.67. The molecule has 1 heterocycles. The smallest absolute Gasteiger partial charge is 0.335 e. The fourth-order valence-electron chi connectivity index (χ4n) is 2.67. The van der Waals surface area contributed by atoms with Gasteiger partial charge in [-0.2, -0.15) is 0 Å². The summed E-state index contributed by atoms with van der Waals surface area (Å²) in [6.45, 7) is 2.32. The van der Waals surface area contributed by atoms with Crippen molar-refractivity contribution in [1.29, 1.82) is 0 Å². The van der Waals surface area contributed by atoms with Crippen LogP contribution in [-0.4, -0.2) is 27.0 Å². The maximum atomic E-state index is 12.6. The minimum Gasteiger partial charge on any atom is -0.506 e. The number of carboxylic acids is 1. The first-order valence-electron chi connectivity index (χ1n) is 7.75. The summed E-state index contributed by atoms with van der Waals surface area (Å²) in [4.78, 5) is 27.7. The first-order chi connectivity index (χ1) is 12.0. The van der Waals surface area contributed by atoms with E-state index in [9.17, 15) is 14.7 Å². The predicted molar refractivity (Wildman–Crippen MR) is 96.2 cm³/mol. The quantitative estimate of drug-likeness (QED) is 0.716. The average molecular weight is 336 g/mol. The molecule has 0 saturated heterocycles. The second-order valence-corrected chi connectivity index (χ2v) is 5.44. The average Bonchev–Trinajstić information content (AvgIpc) is 2.62. The Kier molecular flexibility index (Phi) is 4.35. The number of aryl methyl sites for hydroxylation is 1. The van der Waals surface area contributed by atoms with Crippen LogP contribution in [-0.2, 0) is 6.54 Å². The van der Waals surface area contributed by atoms with Gasteiger partial charge in [-0.3, -0.25) is 9.79 Å². The van der Waals surface area contributed by atoms with Crippen molar-refractivity contribution in [3.8, 4) is 5.75 Å².